The van der Waals surface area contributed by atoms with Crippen LogP contribution in [-0.2, 0) is 10.3 Å². The third-order valence-electron chi connectivity index (χ3n) is 3.57. The topological polar surface area (TPSA) is 55.1 Å². The van der Waals surface area contributed by atoms with Gasteiger partial charge < -0.3 is 11.1 Å². The lowest BCUT2D eigenvalue weighted by Gasteiger charge is -2.30. The number of primary amides is 1. The fourth-order valence-corrected chi connectivity index (χ4v) is 3.46. The highest BCUT2D eigenvalue weighted by Gasteiger charge is 2.36. The molecule has 0 aliphatic carbocycles. The van der Waals surface area contributed by atoms with Gasteiger partial charge in [0.2, 0.25) is 5.91 Å². The first-order valence-electron chi connectivity index (χ1n) is 7.15. The van der Waals surface area contributed by atoms with Gasteiger partial charge in [-0.25, -0.2) is 0 Å². The average molecular weight is 294 g/mol. The van der Waals surface area contributed by atoms with Gasteiger partial charge >= 0.3 is 0 Å². The number of rotatable bonds is 9. The van der Waals surface area contributed by atoms with Gasteiger partial charge in [0.1, 0.15) is 5.54 Å². The van der Waals surface area contributed by atoms with Crippen molar-refractivity contribution in [3.63, 3.8) is 0 Å². The minimum atomic E-state index is -0.758. The largest absolute Gasteiger partial charge is 0.368 e. The maximum Gasteiger partial charge on any atom is 0.242 e. The second-order valence-corrected chi connectivity index (χ2v) is 6.66. The minimum absolute atomic E-state index is 0.310. The second-order valence-electron chi connectivity index (χ2n) is 5.43. The van der Waals surface area contributed by atoms with Gasteiger partial charge in [-0.15, -0.1) is 0 Å². The van der Waals surface area contributed by atoms with Crippen LogP contribution in [0, 0.1) is 5.92 Å². The molecular weight excluding hydrogens is 268 g/mol. The van der Waals surface area contributed by atoms with E-state index in [1.165, 1.54) is 6.42 Å². The molecule has 0 radical (unpaired) electrons. The zero-order valence-corrected chi connectivity index (χ0v) is 13.5. The summed E-state index contributed by atoms with van der Waals surface area (Å²) in [5.41, 5.74) is 5.85. The summed E-state index contributed by atoms with van der Waals surface area (Å²) >= 11 is 1.89. The number of hydrogen-bond acceptors (Lipinski definition) is 3. The molecule has 1 aromatic carbocycles. The molecule has 4 heteroatoms. The van der Waals surface area contributed by atoms with Gasteiger partial charge in [0.15, 0.2) is 0 Å². The van der Waals surface area contributed by atoms with Crippen LogP contribution in [0.5, 0.6) is 0 Å². The lowest BCUT2D eigenvalue weighted by molar-refractivity contribution is -0.124. The molecule has 0 heterocycles. The summed E-state index contributed by atoms with van der Waals surface area (Å²) in [6, 6.07) is 9.74. The molecule has 1 atom stereocenters. The van der Waals surface area contributed by atoms with E-state index in [1.54, 1.807) is 7.05 Å². The van der Waals surface area contributed by atoms with E-state index < -0.39 is 5.54 Å². The number of nitrogens with one attached hydrogen (secondary N) is 1. The van der Waals surface area contributed by atoms with E-state index >= 15 is 0 Å². The Morgan fingerprint density at radius 1 is 1.30 bits per heavy atom. The van der Waals surface area contributed by atoms with Crippen molar-refractivity contribution in [3.8, 4) is 0 Å². The van der Waals surface area contributed by atoms with Crippen LogP contribution < -0.4 is 11.1 Å². The summed E-state index contributed by atoms with van der Waals surface area (Å²) in [5.74, 6) is 2.47. The smallest absolute Gasteiger partial charge is 0.242 e. The highest BCUT2D eigenvalue weighted by molar-refractivity contribution is 7.99. The van der Waals surface area contributed by atoms with Crippen molar-refractivity contribution in [3.05, 3.63) is 35.9 Å². The number of amides is 1. The number of thioether (sulfide) groups is 1. The van der Waals surface area contributed by atoms with Crippen LogP contribution >= 0.6 is 11.8 Å². The van der Waals surface area contributed by atoms with Crippen LogP contribution in [0.1, 0.15) is 32.3 Å². The van der Waals surface area contributed by atoms with Gasteiger partial charge in [-0.3, -0.25) is 4.79 Å². The highest BCUT2D eigenvalue weighted by Crippen LogP contribution is 2.26. The summed E-state index contributed by atoms with van der Waals surface area (Å²) in [7, 11) is 1.80. The van der Waals surface area contributed by atoms with Gasteiger partial charge in [0.25, 0.3) is 0 Å². The maximum atomic E-state index is 12.0. The lowest BCUT2D eigenvalue weighted by Crippen LogP contribution is -2.51. The SMILES string of the molecule is CNC(CCSCCC(C)C)(C(N)=O)c1ccccc1. The number of hydrogen-bond donors (Lipinski definition) is 2. The van der Waals surface area contributed by atoms with Gasteiger partial charge in [-0.05, 0) is 42.9 Å². The third kappa shape index (κ3) is 4.53. The molecule has 0 fully saturated rings. The van der Waals surface area contributed by atoms with Crippen LogP contribution in [0.15, 0.2) is 30.3 Å². The summed E-state index contributed by atoms with van der Waals surface area (Å²) < 4.78 is 0. The van der Waals surface area contributed by atoms with E-state index in [1.807, 2.05) is 42.1 Å². The molecule has 112 valence electrons. The average Bonchev–Trinajstić information content (AvgIpc) is 2.43. The Balaban J connectivity index is 2.68. The zero-order valence-electron chi connectivity index (χ0n) is 12.7. The quantitative estimate of drug-likeness (QED) is 0.689. The van der Waals surface area contributed by atoms with Crippen molar-refractivity contribution < 1.29 is 4.79 Å². The van der Waals surface area contributed by atoms with Gasteiger partial charge in [0.05, 0.1) is 0 Å². The first-order chi connectivity index (χ1) is 9.53. The van der Waals surface area contributed by atoms with Crippen molar-refractivity contribution in [2.24, 2.45) is 11.7 Å². The molecule has 1 amide bonds. The predicted molar refractivity (Wildman–Crippen MR) is 87.8 cm³/mol. The number of nitrogens with two attached hydrogens (primary N) is 1. The van der Waals surface area contributed by atoms with Gasteiger partial charge in [-0.2, -0.15) is 11.8 Å². The Bertz CT molecular complexity index is 408. The Kier molecular flexibility index (Phi) is 7.10. The first kappa shape index (κ1) is 17.1. The number of benzene rings is 1. The monoisotopic (exact) mass is 294 g/mol. The molecule has 1 rings (SSSR count). The molecular formula is C16H26N2OS. The van der Waals surface area contributed by atoms with Crippen LogP contribution in [0.3, 0.4) is 0 Å². The van der Waals surface area contributed by atoms with Crippen LogP contribution in [0.4, 0.5) is 0 Å². The molecule has 0 saturated carbocycles. The van der Waals surface area contributed by atoms with E-state index in [9.17, 15) is 4.79 Å². The normalized spacial score (nSPS) is 14.2. The lowest BCUT2D eigenvalue weighted by atomic mass is 9.86. The third-order valence-corrected chi connectivity index (χ3v) is 4.59. The Morgan fingerprint density at radius 3 is 2.45 bits per heavy atom. The molecule has 3 nitrogen and oxygen atoms in total. The predicted octanol–water partition coefficient (Wildman–Crippen LogP) is 2.76. The summed E-state index contributed by atoms with van der Waals surface area (Å²) in [5, 5.41) is 3.14. The molecule has 1 unspecified atom stereocenters. The molecule has 0 aromatic heterocycles. The molecule has 0 spiro atoms. The van der Waals surface area contributed by atoms with Crippen molar-refractivity contribution >= 4 is 17.7 Å². The molecule has 0 saturated heterocycles. The Morgan fingerprint density at radius 2 is 1.95 bits per heavy atom. The second kappa shape index (κ2) is 8.32. The van der Waals surface area contributed by atoms with Crippen LogP contribution in [0.2, 0.25) is 0 Å². The number of carbonyl (C=O) groups is 1. The van der Waals surface area contributed by atoms with Crippen LogP contribution in [0.25, 0.3) is 0 Å². The first-order valence-corrected chi connectivity index (χ1v) is 8.30. The summed E-state index contributed by atoms with van der Waals surface area (Å²) in [6.07, 6.45) is 1.92. The van der Waals surface area contributed by atoms with E-state index in [-0.39, 0.29) is 5.91 Å². The molecule has 0 bridgehead atoms. The summed E-state index contributed by atoms with van der Waals surface area (Å²) in [6.45, 7) is 4.46. The number of carbonyl (C=O) groups excluding carboxylic acids is 1. The van der Waals surface area contributed by atoms with Crippen molar-refractivity contribution in [2.75, 3.05) is 18.6 Å². The van der Waals surface area contributed by atoms with E-state index in [4.69, 9.17) is 5.73 Å². The Hall–Kier alpha value is -1.00. The molecule has 3 N–H and O–H groups in total. The fraction of sp³-hybridized carbons (Fsp3) is 0.562. The van der Waals surface area contributed by atoms with Crippen LogP contribution in [-0.4, -0.2) is 24.5 Å². The number of likely N-dealkylation sites (N-methyl/N-ethyl adjacent to an activating group) is 1. The molecule has 20 heavy (non-hydrogen) atoms. The Labute approximate surface area is 126 Å². The van der Waals surface area contributed by atoms with E-state index in [2.05, 4.69) is 19.2 Å². The summed E-state index contributed by atoms with van der Waals surface area (Å²) in [4.78, 5) is 12.0. The van der Waals surface area contributed by atoms with Crippen molar-refractivity contribution in [2.45, 2.75) is 32.2 Å². The van der Waals surface area contributed by atoms with Crippen molar-refractivity contribution in [1.82, 2.24) is 5.32 Å². The molecule has 1 aromatic rings. The van der Waals surface area contributed by atoms with E-state index in [0.29, 0.717) is 6.42 Å². The van der Waals surface area contributed by atoms with Gasteiger partial charge in [-0.1, -0.05) is 44.2 Å². The zero-order chi connectivity index (χ0) is 15.0. The molecule has 0 aliphatic heterocycles. The highest BCUT2D eigenvalue weighted by atomic mass is 32.2. The standard InChI is InChI=1S/C16H26N2OS/c1-13(2)9-11-20-12-10-16(18-3,15(17)19)14-7-5-4-6-8-14/h4-8,13,18H,9-12H2,1-3H3,(H2,17,19). The fourth-order valence-electron chi connectivity index (χ4n) is 2.17. The molecule has 0 aliphatic rings. The maximum absolute atomic E-state index is 12.0. The van der Waals surface area contributed by atoms with Gasteiger partial charge in [0, 0.05) is 0 Å². The van der Waals surface area contributed by atoms with E-state index in [0.717, 1.165) is 23.0 Å². The van der Waals surface area contributed by atoms with Crippen molar-refractivity contribution in [1.29, 1.82) is 0 Å². The minimum Gasteiger partial charge on any atom is -0.368 e.